The highest BCUT2D eigenvalue weighted by molar-refractivity contribution is 5.64. The van der Waals surface area contributed by atoms with Gasteiger partial charge in [0.25, 0.3) is 0 Å². The van der Waals surface area contributed by atoms with E-state index in [0.717, 1.165) is 5.56 Å². The first kappa shape index (κ1) is 9.02. The molecule has 4 nitrogen and oxygen atoms in total. The van der Waals surface area contributed by atoms with Crippen LogP contribution in [-0.2, 0) is 11.2 Å². The zero-order valence-corrected chi connectivity index (χ0v) is 7.77. The van der Waals surface area contributed by atoms with E-state index >= 15 is 0 Å². The van der Waals surface area contributed by atoms with Crippen molar-refractivity contribution in [2.24, 2.45) is 11.5 Å². The lowest BCUT2D eigenvalue weighted by Gasteiger charge is -2.10. The van der Waals surface area contributed by atoms with Crippen molar-refractivity contribution in [1.29, 1.82) is 0 Å². The normalized spacial score (nSPS) is 12.8. The molecule has 76 valence electrons. The second kappa shape index (κ2) is 5.24. The summed E-state index contributed by atoms with van der Waals surface area (Å²) in [4.78, 5) is 10.6. The SMILES string of the molecule is [2H]NC(=O)OC[C@@H](N)Cc1ccccc1. The molecule has 0 saturated carbocycles. The summed E-state index contributed by atoms with van der Waals surface area (Å²) in [6, 6.07) is 9.47. The molecule has 14 heavy (non-hydrogen) atoms. The van der Waals surface area contributed by atoms with Crippen molar-refractivity contribution in [1.82, 2.24) is 0 Å². The van der Waals surface area contributed by atoms with Gasteiger partial charge in [0.05, 0.1) is 0 Å². The van der Waals surface area contributed by atoms with Gasteiger partial charge < -0.3 is 16.2 Å². The summed E-state index contributed by atoms with van der Waals surface area (Å²) in [6.07, 6.45) is -0.134. The standard InChI is InChI=1S/C10H14N2O2/c11-9(7-14-10(12)13)6-8-4-2-1-3-5-8/h1-5,9H,6-7,11H2,(H2,12,13)/t9-/m0/s1/i/hD. The molecule has 0 aliphatic rings. The third-order valence-electron chi connectivity index (χ3n) is 1.77. The number of nitrogens with two attached hydrogens (primary N) is 2. The van der Waals surface area contributed by atoms with Gasteiger partial charge in [0, 0.05) is 6.04 Å². The van der Waals surface area contributed by atoms with Crippen LogP contribution in [0.1, 0.15) is 5.56 Å². The van der Waals surface area contributed by atoms with Crippen molar-refractivity contribution in [2.75, 3.05) is 6.61 Å². The molecule has 0 aliphatic heterocycles. The van der Waals surface area contributed by atoms with Gasteiger partial charge in [-0.3, -0.25) is 0 Å². The minimum atomic E-state index is -0.779. The van der Waals surface area contributed by atoms with Crippen LogP contribution in [0.25, 0.3) is 0 Å². The zero-order chi connectivity index (χ0) is 11.1. The second-order valence-corrected chi connectivity index (χ2v) is 3.05. The van der Waals surface area contributed by atoms with Gasteiger partial charge in [-0.1, -0.05) is 30.3 Å². The van der Waals surface area contributed by atoms with Crippen molar-refractivity contribution in [3.8, 4) is 0 Å². The van der Waals surface area contributed by atoms with E-state index in [4.69, 9.17) is 7.15 Å². The number of benzene rings is 1. The number of rotatable bonds is 4. The monoisotopic (exact) mass is 195 g/mol. The van der Waals surface area contributed by atoms with Crippen LogP contribution < -0.4 is 11.5 Å². The smallest absolute Gasteiger partial charge is 0.404 e. The number of hydrogen-bond acceptors (Lipinski definition) is 3. The molecular formula is C10H14N2O2. The van der Waals surface area contributed by atoms with E-state index in [1.54, 1.807) is 5.73 Å². The maximum Gasteiger partial charge on any atom is 0.404 e. The van der Waals surface area contributed by atoms with Gasteiger partial charge in [0.1, 0.15) is 6.61 Å². The minimum Gasteiger partial charge on any atom is -0.448 e. The average molecular weight is 195 g/mol. The summed E-state index contributed by atoms with van der Waals surface area (Å²) < 4.78 is 11.2. The summed E-state index contributed by atoms with van der Waals surface area (Å²) in [5, 5.41) is 0. The lowest BCUT2D eigenvalue weighted by Crippen LogP contribution is -2.31. The fourth-order valence-corrected chi connectivity index (χ4v) is 1.16. The summed E-state index contributed by atoms with van der Waals surface area (Å²) in [7, 11) is 0. The molecule has 1 amide bonds. The van der Waals surface area contributed by atoms with E-state index < -0.39 is 6.09 Å². The maximum atomic E-state index is 10.6. The highest BCUT2D eigenvalue weighted by Gasteiger charge is 2.05. The number of primary amides is 1. The van der Waals surface area contributed by atoms with Crippen LogP contribution in [0.15, 0.2) is 30.3 Å². The van der Waals surface area contributed by atoms with Gasteiger partial charge in [-0.05, 0) is 12.0 Å². The highest BCUT2D eigenvalue weighted by Crippen LogP contribution is 2.01. The van der Waals surface area contributed by atoms with Crippen LogP contribution in [0.4, 0.5) is 4.79 Å². The summed E-state index contributed by atoms with van der Waals surface area (Å²) in [5.41, 5.74) is 8.46. The maximum absolute atomic E-state index is 10.6. The fourth-order valence-electron chi connectivity index (χ4n) is 1.16. The van der Waals surface area contributed by atoms with Crippen LogP contribution in [-0.4, -0.2) is 18.7 Å². The van der Waals surface area contributed by atoms with E-state index in [-0.39, 0.29) is 12.6 Å². The first-order valence-corrected chi connectivity index (χ1v) is 4.36. The molecule has 1 atom stereocenters. The number of hydrogen-bond donors (Lipinski definition) is 2. The number of carbonyl (C=O) groups is 1. The average Bonchev–Trinajstić information content (AvgIpc) is 2.27. The van der Waals surface area contributed by atoms with Crippen LogP contribution in [0.3, 0.4) is 0 Å². The molecule has 1 aromatic carbocycles. The Morgan fingerprint density at radius 2 is 2.21 bits per heavy atom. The highest BCUT2D eigenvalue weighted by atomic mass is 16.5. The van der Waals surface area contributed by atoms with Crippen molar-refractivity contribution in [2.45, 2.75) is 12.5 Å². The largest absolute Gasteiger partial charge is 0.448 e. The van der Waals surface area contributed by atoms with Crippen LogP contribution >= 0.6 is 0 Å². The molecule has 0 unspecified atom stereocenters. The van der Waals surface area contributed by atoms with E-state index in [1.165, 1.54) is 0 Å². The summed E-state index contributed by atoms with van der Waals surface area (Å²) in [5.74, 6) is 0. The Labute approximate surface area is 84.3 Å². The van der Waals surface area contributed by atoms with Crippen LogP contribution in [0.5, 0.6) is 0 Å². The zero-order valence-electron chi connectivity index (χ0n) is 8.77. The number of carbonyl (C=O) groups excluding carboxylic acids is 1. The Hall–Kier alpha value is -1.55. The Balaban J connectivity index is 2.30. The molecule has 0 spiro atoms. The predicted octanol–water partition coefficient (Wildman–Crippen LogP) is 0.652. The quantitative estimate of drug-likeness (QED) is 0.740. The lowest BCUT2D eigenvalue weighted by molar-refractivity contribution is 0.149. The third-order valence-corrected chi connectivity index (χ3v) is 1.77. The first-order chi connectivity index (χ1) is 7.22. The molecule has 4 heteroatoms. The number of ether oxygens (including phenoxy) is 1. The van der Waals surface area contributed by atoms with Gasteiger partial charge in [0.2, 0.25) is 0 Å². The molecule has 0 aliphatic carbocycles. The second-order valence-electron chi connectivity index (χ2n) is 3.05. The topological polar surface area (TPSA) is 78.3 Å². The minimum absolute atomic E-state index is 0.111. The Morgan fingerprint density at radius 1 is 1.50 bits per heavy atom. The lowest BCUT2D eigenvalue weighted by atomic mass is 10.1. The van der Waals surface area contributed by atoms with Crippen molar-refractivity contribution >= 4 is 6.09 Å². The van der Waals surface area contributed by atoms with Gasteiger partial charge >= 0.3 is 6.09 Å². The van der Waals surface area contributed by atoms with Crippen molar-refractivity contribution in [3.63, 3.8) is 0 Å². The Bertz CT molecular complexity index is 306. The Kier molecular flexibility index (Phi) is 3.38. The van der Waals surface area contributed by atoms with Crippen LogP contribution in [0, 0.1) is 0 Å². The molecule has 0 radical (unpaired) electrons. The Morgan fingerprint density at radius 3 is 2.86 bits per heavy atom. The molecule has 1 aromatic rings. The molecule has 0 bridgehead atoms. The molecule has 0 saturated heterocycles. The third kappa shape index (κ3) is 3.91. The van der Waals surface area contributed by atoms with E-state index in [1.807, 2.05) is 30.3 Å². The predicted molar refractivity (Wildman–Crippen MR) is 53.7 cm³/mol. The first-order valence-electron chi connectivity index (χ1n) is 4.86. The van der Waals surface area contributed by atoms with Crippen LogP contribution in [0.2, 0.25) is 1.41 Å². The number of amides is 1. The molecular weight excluding hydrogens is 180 g/mol. The summed E-state index contributed by atoms with van der Waals surface area (Å²) >= 11 is 0. The van der Waals surface area contributed by atoms with E-state index in [0.29, 0.717) is 6.42 Å². The van der Waals surface area contributed by atoms with Crippen molar-refractivity contribution < 1.29 is 10.9 Å². The fraction of sp³-hybridized carbons (Fsp3) is 0.300. The van der Waals surface area contributed by atoms with E-state index in [9.17, 15) is 4.79 Å². The molecule has 0 aromatic heterocycles. The molecule has 0 heterocycles. The van der Waals surface area contributed by atoms with Gasteiger partial charge in [0.15, 0.2) is 1.41 Å². The molecule has 4 N–H and O–H groups in total. The van der Waals surface area contributed by atoms with Gasteiger partial charge in [-0.2, -0.15) is 0 Å². The molecule has 1 rings (SSSR count). The molecule has 0 fully saturated rings. The van der Waals surface area contributed by atoms with Crippen molar-refractivity contribution in [3.05, 3.63) is 35.9 Å². The van der Waals surface area contributed by atoms with Gasteiger partial charge in [-0.15, -0.1) is 0 Å². The van der Waals surface area contributed by atoms with Gasteiger partial charge in [-0.25, -0.2) is 4.79 Å². The summed E-state index contributed by atoms with van der Waals surface area (Å²) in [6.45, 7) is 0.111. The van der Waals surface area contributed by atoms with E-state index in [2.05, 4.69) is 4.74 Å².